The van der Waals surface area contributed by atoms with Crippen molar-refractivity contribution in [2.75, 3.05) is 0 Å². The maximum Gasteiger partial charge on any atom is 0.200 e. The summed E-state index contributed by atoms with van der Waals surface area (Å²) in [5.74, 6) is -0.982. The lowest BCUT2D eigenvalue weighted by Gasteiger charge is -2.07. The number of nitrogens with zero attached hydrogens (tertiary/aromatic N) is 3. The molecule has 0 bridgehead atoms. The Kier molecular flexibility index (Phi) is 3.25. The predicted octanol–water partition coefficient (Wildman–Crippen LogP) is 5.02. The highest BCUT2D eigenvalue weighted by Crippen LogP contribution is 2.49. The Morgan fingerprint density at radius 2 is 1.70 bits per heavy atom. The van der Waals surface area contributed by atoms with Gasteiger partial charge >= 0.3 is 0 Å². The standard InChI is InChI=1S/C23H15N3O/c1-14(13-24)23(27)21-20-17-11-5-7-15-8-6-12-18(19(15)17)22(20)26(25-21)16-9-3-2-4-10-16/h2-12,14H,1H3. The summed E-state index contributed by atoms with van der Waals surface area (Å²) in [5, 5.41) is 16.2. The van der Waals surface area contributed by atoms with Gasteiger partial charge in [-0.15, -0.1) is 0 Å². The lowest BCUT2D eigenvalue weighted by atomic mass is 9.98. The van der Waals surface area contributed by atoms with Crippen molar-refractivity contribution >= 4 is 16.6 Å². The van der Waals surface area contributed by atoms with Crippen LogP contribution < -0.4 is 0 Å². The van der Waals surface area contributed by atoms with E-state index >= 15 is 0 Å². The van der Waals surface area contributed by atoms with Gasteiger partial charge in [0.2, 0.25) is 5.78 Å². The van der Waals surface area contributed by atoms with Crippen molar-refractivity contribution in [3.8, 4) is 34.1 Å². The average molecular weight is 349 g/mol. The topological polar surface area (TPSA) is 58.7 Å². The van der Waals surface area contributed by atoms with Crippen LogP contribution in [0.4, 0.5) is 0 Å². The maximum atomic E-state index is 13.0. The number of fused-ring (bicyclic) bond motifs is 3. The van der Waals surface area contributed by atoms with Gasteiger partial charge in [0.25, 0.3) is 0 Å². The highest BCUT2D eigenvalue weighted by molar-refractivity contribution is 6.19. The third-order valence-electron chi connectivity index (χ3n) is 5.14. The van der Waals surface area contributed by atoms with E-state index in [9.17, 15) is 10.1 Å². The third kappa shape index (κ3) is 2.09. The van der Waals surface area contributed by atoms with E-state index in [2.05, 4.69) is 29.4 Å². The molecule has 1 unspecified atom stereocenters. The van der Waals surface area contributed by atoms with E-state index in [0.29, 0.717) is 5.69 Å². The van der Waals surface area contributed by atoms with Gasteiger partial charge < -0.3 is 0 Å². The number of Topliss-reactive ketones (excluding diaryl/α,β-unsaturated/α-hetero) is 1. The Bertz CT molecular complexity index is 1260. The zero-order chi connectivity index (χ0) is 18.5. The highest BCUT2D eigenvalue weighted by atomic mass is 16.1. The molecule has 0 amide bonds. The van der Waals surface area contributed by atoms with Gasteiger partial charge in [-0.2, -0.15) is 10.4 Å². The van der Waals surface area contributed by atoms with Crippen molar-refractivity contribution in [1.82, 2.24) is 9.78 Å². The fourth-order valence-electron chi connectivity index (χ4n) is 3.86. The van der Waals surface area contributed by atoms with Crippen molar-refractivity contribution in [3.63, 3.8) is 0 Å². The molecule has 1 aliphatic carbocycles. The fourth-order valence-corrected chi connectivity index (χ4v) is 3.86. The molecule has 27 heavy (non-hydrogen) atoms. The Labute approximate surface area is 156 Å². The van der Waals surface area contributed by atoms with Gasteiger partial charge in [0.05, 0.1) is 17.5 Å². The van der Waals surface area contributed by atoms with E-state index in [4.69, 9.17) is 0 Å². The van der Waals surface area contributed by atoms with E-state index < -0.39 is 5.92 Å². The summed E-state index contributed by atoms with van der Waals surface area (Å²) >= 11 is 0. The number of nitriles is 1. The van der Waals surface area contributed by atoms with Gasteiger partial charge in [-0.05, 0) is 35.4 Å². The van der Waals surface area contributed by atoms with Crippen LogP contribution in [0.25, 0.3) is 38.8 Å². The van der Waals surface area contributed by atoms with Crippen LogP contribution in [0, 0.1) is 17.2 Å². The first-order valence-corrected chi connectivity index (χ1v) is 8.85. The molecule has 0 radical (unpaired) electrons. The molecule has 5 rings (SSSR count). The van der Waals surface area contributed by atoms with E-state index in [1.807, 2.05) is 53.2 Å². The van der Waals surface area contributed by atoms with Crippen molar-refractivity contribution in [2.24, 2.45) is 5.92 Å². The average Bonchev–Trinajstić information content (AvgIpc) is 3.26. The molecule has 1 atom stereocenters. The van der Waals surface area contributed by atoms with Crippen LogP contribution in [0.3, 0.4) is 0 Å². The number of para-hydroxylation sites is 1. The van der Waals surface area contributed by atoms with Crippen LogP contribution >= 0.6 is 0 Å². The van der Waals surface area contributed by atoms with Gasteiger partial charge in [0.15, 0.2) is 0 Å². The zero-order valence-electron chi connectivity index (χ0n) is 14.7. The number of carbonyl (C=O) groups excluding carboxylic acids is 1. The second kappa shape index (κ2) is 5.65. The van der Waals surface area contributed by atoms with Crippen LogP contribution in [0.2, 0.25) is 0 Å². The number of rotatable bonds is 3. The van der Waals surface area contributed by atoms with Crippen molar-refractivity contribution in [3.05, 3.63) is 72.4 Å². The molecule has 1 aromatic heterocycles. The summed E-state index contributed by atoms with van der Waals surface area (Å²) in [5.41, 5.74) is 5.08. The molecule has 0 saturated carbocycles. The minimum Gasteiger partial charge on any atom is -0.291 e. The van der Waals surface area contributed by atoms with Gasteiger partial charge in [-0.3, -0.25) is 4.79 Å². The quantitative estimate of drug-likeness (QED) is 0.430. The first kappa shape index (κ1) is 15.5. The third-order valence-corrected chi connectivity index (χ3v) is 5.14. The van der Waals surface area contributed by atoms with Gasteiger partial charge in [0.1, 0.15) is 11.6 Å². The highest BCUT2D eigenvalue weighted by Gasteiger charge is 2.33. The molecule has 0 saturated heterocycles. The van der Waals surface area contributed by atoms with E-state index in [0.717, 1.165) is 38.8 Å². The summed E-state index contributed by atoms with van der Waals surface area (Å²) in [7, 11) is 0. The lowest BCUT2D eigenvalue weighted by Crippen LogP contribution is -2.11. The van der Waals surface area contributed by atoms with Crippen LogP contribution in [0.1, 0.15) is 17.4 Å². The van der Waals surface area contributed by atoms with Crippen LogP contribution in [0.15, 0.2) is 66.7 Å². The second-order valence-electron chi connectivity index (χ2n) is 6.74. The molecular formula is C23H15N3O. The van der Waals surface area contributed by atoms with Crippen LogP contribution in [-0.2, 0) is 0 Å². The molecule has 128 valence electrons. The van der Waals surface area contributed by atoms with E-state index in [-0.39, 0.29) is 5.78 Å². The molecule has 1 heterocycles. The number of hydrogen-bond acceptors (Lipinski definition) is 3. The molecule has 1 aliphatic rings. The summed E-state index contributed by atoms with van der Waals surface area (Å²) in [6.07, 6.45) is 0. The first-order chi connectivity index (χ1) is 13.2. The number of ketones is 1. The summed E-state index contributed by atoms with van der Waals surface area (Å²) < 4.78 is 1.83. The SMILES string of the molecule is CC(C#N)C(=O)c1nn(-c2ccccc2)c2c1-c1cccc3cccc-2c13. The molecule has 0 aliphatic heterocycles. The molecule has 0 fully saturated rings. The Hall–Kier alpha value is -3.71. The number of aromatic nitrogens is 2. The number of hydrogen-bond donors (Lipinski definition) is 0. The van der Waals surface area contributed by atoms with Gasteiger partial charge in [-0.25, -0.2) is 4.68 Å². The van der Waals surface area contributed by atoms with Crippen molar-refractivity contribution in [2.45, 2.75) is 6.92 Å². The van der Waals surface area contributed by atoms with Crippen molar-refractivity contribution in [1.29, 1.82) is 5.26 Å². The summed E-state index contributed by atoms with van der Waals surface area (Å²) in [4.78, 5) is 13.0. The Balaban J connectivity index is 1.89. The van der Waals surface area contributed by atoms with Gasteiger partial charge in [0, 0.05) is 11.1 Å². The molecule has 0 N–H and O–H groups in total. The first-order valence-electron chi connectivity index (χ1n) is 8.85. The number of carbonyl (C=O) groups is 1. The van der Waals surface area contributed by atoms with Crippen molar-refractivity contribution < 1.29 is 4.79 Å². The largest absolute Gasteiger partial charge is 0.291 e. The maximum absolute atomic E-state index is 13.0. The van der Waals surface area contributed by atoms with Crippen LogP contribution in [0.5, 0.6) is 0 Å². The van der Waals surface area contributed by atoms with Gasteiger partial charge in [-0.1, -0.05) is 54.6 Å². The molecule has 3 aromatic carbocycles. The summed E-state index contributed by atoms with van der Waals surface area (Å²) in [6.45, 7) is 1.62. The fraction of sp³-hybridized carbons (Fsp3) is 0.0870. The minimum atomic E-state index is -0.740. The zero-order valence-corrected chi connectivity index (χ0v) is 14.7. The molecule has 4 nitrogen and oxygen atoms in total. The lowest BCUT2D eigenvalue weighted by molar-refractivity contribution is 0.0952. The van der Waals surface area contributed by atoms with E-state index in [1.165, 1.54) is 0 Å². The predicted molar refractivity (Wildman–Crippen MR) is 105 cm³/mol. The van der Waals surface area contributed by atoms with Crippen LogP contribution in [-0.4, -0.2) is 15.6 Å². The molecule has 4 aromatic rings. The molecular weight excluding hydrogens is 334 g/mol. The smallest absolute Gasteiger partial charge is 0.200 e. The monoisotopic (exact) mass is 349 g/mol. The number of benzene rings is 3. The molecule has 4 heteroatoms. The Morgan fingerprint density at radius 3 is 2.41 bits per heavy atom. The second-order valence-corrected chi connectivity index (χ2v) is 6.74. The van der Waals surface area contributed by atoms with E-state index in [1.54, 1.807) is 6.92 Å². The normalized spacial score (nSPS) is 12.6. The molecule has 0 spiro atoms. The Morgan fingerprint density at radius 1 is 1.00 bits per heavy atom. The minimum absolute atomic E-state index is 0.242. The summed E-state index contributed by atoms with van der Waals surface area (Å²) in [6, 6.07) is 24.1.